The molecule has 0 unspecified atom stereocenters. The summed E-state index contributed by atoms with van der Waals surface area (Å²) in [5.41, 5.74) is 1.45. The Morgan fingerprint density at radius 1 is 1.30 bits per heavy atom. The first-order valence-electron chi connectivity index (χ1n) is 9.17. The number of furan rings is 1. The van der Waals surface area contributed by atoms with Crippen molar-refractivity contribution in [2.24, 2.45) is 0 Å². The summed E-state index contributed by atoms with van der Waals surface area (Å²) in [7, 11) is 3.73. The highest BCUT2D eigenvalue weighted by Gasteiger charge is 2.23. The number of aryl methyl sites for hydroxylation is 1. The SMILES string of the molecule is COc1ccc2c(C)c(C(=O)Nc3ccnn3C3CCN(C)CC3)oc2c1. The number of anilines is 1. The number of aromatic nitrogens is 2. The maximum Gasteiger partial charge on any atom is 0.292 e. The van der Waals surface area contributed by atoms with E-state index >= 15 is 0 Å². The molecule has 3 aromatic rings. The number of likely N-dealkylation sites (tertiary alicyclic amines) is 1. The van der Waals surface area contributed by atoms with Crippen LogP contribution in [0.2, 0.25) is 0 Å². The van der Waals surface area contributed by atoms with Gasteiger partial charge in [-0.05, 0) is 52.0 Å². The molecule has 1 saturated heterocycles. The number of hydrogen-bond donors (Lipinski definition) is 1. The van der Waals surface area contributed by atoms with Gasteiger partial charge in [0.1, 0.15) is 17.2 Å². The number of carbonyl (C=O) groups is 1. The molecular weight excluding hydrogens is 344 g/mol. The Morgan fingerprint density at radius 3 is 2.81 bits per heavy atom. The number of methoxy groups -OCH3 is 1. The Kier molecular flexibility index (Phi) is 4.61. The molecule has 1 aliphatic heterocycles. The number of carbonyl (C=O) groups excluding carboxylic acids is 1. The topological polar surface area (TPSA) is 72.5 Å². The molecule has 1 aliphatic rings. The number of nitrogens with one attached hydrogen (secondary N) is 1. The molecule has 0 radical (unpaired) electrons. The minimum Gasteiger partial charge on any atom is -0.497 e. The second kappa shape index (κ2) is 7.08. The van der Waals surface area contributed by atoms with E-state index in [-0.39, 0.29) is 5.91 Å². The van der Waals surface area contributed by atoms with Crippen molar-refractivity contribution < 1.29 is 13.9 Å². The summed E-state index contributed by atoms with van der Waals surface area (Å²) in [6, 6.07) is 7.69. The minimum absolute atomic E-state index is 0.266. The smallest absolute Gasteiger partial charge is 0.292 e. The van der Waals surface area contributed by atoms with Crippen molar-refractivity contribution in [3.8, 4) is 5.75 Å². The number of fused-ring (bicyclic) bond motifs is 1. The molecule has 0 spiro atoms. The lowest BCUT2D eigenvalue weighted by Crippen LogP contribution is -2.32. The van der Waals surface area contributed by atoms with Crippen LogP contribution in [0, 0.1) is 6.92 Å². The third kappa shape index (κ3) is 3.30. The molecule has 2 aromatic heterocycles. The first-order chi connectivity index (χ1) is 13.1. The molecule has 27 heavy (non-hydrogen) atoms. The summed E-state index contributed by atoms with van der Waals surface area (Å²) in [5.74, 6) is 1.45. The minimum atomic E-state index is -0.266. The van der Waals surface area contributed by atoms with Crippen molar-refractivity contribution in [2.45, 2.75) is 25.8 Å². The van der Waals surface area contributed by atoms with E-state index in [1.807, 2.05) is 29.8 Å². The molecule has 0 bridgehead atoms. The van der Waals surface area contributed by atoms with Crippen LogP contribution in [0.4, 0.5) is 5.82 Å². The molecule has 1 N–H and O–H groups in total. The van der Waals surface area contributed by atoms with E-state index in [0.29, 0.717) is 29.0 Å². The third-order valence-corrected chi connectivity index (χ3v) is 5.30. The van der Waals surface area contributed by atoms with Crippen molar-refractivity contribution in [3.63, 3.8) is 0 Å². The molecule has 1 fully saturated rings. The van der Waals surface area contributed by atoms with E-state index in [1.54, 1.807) is 19.4 Å². The Hall–Kier alpha value is -2.80. The van der Waals surface area contributed by atoms with Gasteiger partial charge in [-0.15, -0.1) is 0 Å². The molecule has 1 amide bonds. The van der Waals surface area contributed by atoms with Crippen LogP contribution < -0.4 is 10.1 Å². The normalized spacial score (nSPS) is 16.0. The highest BCUT2D eigenvalue weighted by Crippen LogP contribution is 2.30. The molecule has 7 heteroatoms. The van der Waals surface area contributed by atoms with Crippen molar-refractivity contribution in [1.29, 1.82) is 0 Å². The number of benzene rings is 1. The summed E-state index contributed by atoms with van der Waals surface area (Å²) in [6.07, 6.45) is 3.76. The van der Waals surface area contributed by atoms with Gasteiger partial charge in [0.2, 0.25) is 0 Å². The monoisotopic (exact) mass is 368 g/mol. The lowest BCUT2D eigenvalue weighted by molar-refractivity contribution is 0.0996. The lowest BCUT2D eigenvalue weighted by Gasteiger charge is -2.29. The van der Waals surface area contributed by atoms with Crippen molar-refractivity contribution in [3.05, 3.63) is 41.8 Å². The van der Waals surface area contributed by atoms with Crippen LogP contribution in [0.5, 0.6) is 5.75 Å². The Balaban J connectivity index is 1.57. The first-order valence-corrected chi connectivity index (χ1v) is 9.17. The summed E-state index contributed by atoms with van der Waals surface area (Å²) in [4.78, 5) is 15.2. The molecule has 3 heterocycles. The fourth-order valence-electron chi connectivity index (χ4n) is 3.67. The van der Waals surface area contributed by atoms with E-state index < -0.39 is 0 Å². The van der Waals surface area contributed by atoms with Gasteiger partial charge in [0.05, 0.1) is 19.3 Å². The Morgan fingerprint density at radius 2 is 2.07 bits per heavy atom. The van der Waals surface area contributed by atoms with Crippen LogP contribution >= 0.6 is 0 Å². The number of nitrogens with zero attached hydrogens (tertiary/aromatic N) is 3. The molecule has 4 rings (SSSR count). The molecule has 0 atom stereocenters. The maximum atomic E-state index is 12.9. The van der Waals surface area contributed by atoms with Gasteiger partial charge in [0, 0.05) is 23.1 Å². The zero-order valence-corrected chi connectivity index (χ0v) is 15.9. The van der Waals surface area contributed by atoms with Gasteiger partial charge in [-0.3, -0.25) is 4.79 Å². The van der Waals surface area contributed by atoms with E-state index in [2.05, 4.69) is 22.4 Å². The van der Waals surface area contributed by atoms with Gasteiger partial charge in [-0.25, -0.2) is 4.68 Å². The third-order valence-electron chi connectivity index (χ3n) is 5.30. The maximum absolute atomic E-state index is 12.9. The number of amides is 1. The highest BCUT2D eigenvalue weighted by molar-refractivity contribution is 6.06. The summed E-state index contributed by atoms with van der Waals surface area (Å²) >= 11 is 0. The zero-order chi connectivity index (χ0) is 19.0. The summed E-state index contributed by atoms with van der Waals surface area (Å²) < 4.78 is 13.0. The van der Waals surface area contributed by atoms with E-state index in [0.717, 1.165) is 36.9 Å². The van der Waals surface area contributed by atoms with Gasteiger partial charge in [0.25, 0.3) is 5.91 Å². The predicted molar refractivity (Wildman–Crippen MR) is 103 cm³/mol. The molecule has 0 aliphatic carbocycles. The molecule has 7 nitrogen and oxygen atoms in total. The number of rotatable bonds is 4. The first kappa shape index (κ1) is 17.6. The zero-order valence-electron chi connectivity index (χ0n) is 15.9. The second-order valence-corrected chi connectivity index (χ2v) is 7.07. The van der Waals surface area contributed by atoms with Gasteiger partial charge >= 0.3 is 0 Å². The number of ether oxygens (including phenoxy) is 1. The highest BCUT2D eigenvalue weighted by atomic mass is 16.5. The van der Waals surface area contributed by atoms with Crippen LogP contribution in [0.3, 0.4) is 0 Å². The van der Waals surface area contributed by atoms with Gasteiger partial charge in [-0.2, -0.15) is 5.10 Å². The second-order valence-electron chi connectivity index (χ2n) is 7.07. The largest absolute Gasteiger partial charge is 0.497 e. The molecule has 0 saturated carbocycles. The Labute approximate surface area is 157 Å². The predicted octanol–water partition coefficient (Wildman–Crippen LogP) is 3.47. The van der Waals surface area contributed by atoms with E-state index in [9.17, 15) is 4.79 Å². The quantitative estimate of drug-likeness (QED) is 0.763. The van der Waals surface area contributed by atoms with Crippen LogP contribution in [-0.4, -0.2) is 47.8 Å². The molecular formula is C20H24N4O3. The van der Waals surface area contributed by atoms with Crippen LogP contribution in [0.1, 0.15) is 35.0 Å². The van der Waals surface area contributed by atoms with E-state index in [4.69, 9.17) is 9.15 Å². The van der Waals surface area contributed by atoms with Crippen molar-refractivity contribution in [1.82, 2.24) is 14.7 Å². The Bertz CT molecular complexity index is 967. The number of hydrogen-bond acceptors (Lipinski definition) is 5. The van der Waals surface area contributed by atoms with Crippen LogP contribution in [-0.2, 0) is 0 Å². The van der Waals surface area contributed by atoms with Crippen molar-refractivity contribution >= 4 is 22.7 Å². The van der Waals surface area contributed by atoms with Crippen molar-refractivity contribution in [2.75, 3.05) is 32.6 Å². The van der Waals surface area contributed by atoms with Gasteiger partial charge in [0.15, 0.2) is 5.76 Å². The van der Waals surface area contributed by atoms with E-state index in [1.165, 1.54) is 0 Å². The van der Waals surface area contributed by atoms with Gasteiger partial charge < -0.3 is 19.4 Å². The van der Waals surface area contributed by atoms with Crippen LogP contribution in [0.25, 0.3) is 11.0 Å². The molecule has 142 valence electrons. The average Bonchev–Trinajstić information content (AvgIpc) is 3.26. The summed E-state index contributed by atoms with van der Waals surface area (Å²) in [5, 5.41) is 8.31. The lowest BCUT2D eigenvalue weighted by atomic mass is 10.1. The standard InChI is InChI=1S/C20H24N4O3/c1-13-16-5-4-15(26-3)12-17(16)27-19(13)20(25)22-18-6-9-21-24(18)14-7-10-23(2)11-8-14/h4-6,9,12,14H,7-8,10-11H2,1-3H3,(H,22,25). The number of piperidine rings is 1. The fourth-order valence-corrected chi connectivity index (χ4v) is 3.67. The van der Waals surface area contributed by atoms with Gasteiger partial charge in [-0.1, -0.05) is 0 Å². The fraction of sp³-hybridized carbons (Fsp3) is 0.400. The molecule has 1 aromatic carbocycles. The summed E-state index contributed by atoms with van der Waals surface area (Å²) in [6.45, 7) is 3.95. The van der Waals surface area contributed by atoms with Crippen LogP contribution in [0.15, 0.2) is 34.9 Å². The average molecular weight is 368 g/mol.